The maximum atomic E-state index is 4.08. The highest BCUT2D eigenvalue weighted by atomic mass is 32.2. The van der Waals surface area contributed by atoms with Gasteiger partial charge in [0, 0.05) is 48.3 Å². The van der Waals surface area contributed by atoms with Crippen LogP contribution in [0.2, 0.25) is 0 Å². The Balaban J connectivity index is 1.58. The van der Waals surface area contributed by atoms with E-state index in [1.165, 1.54) is 22.1 Å². The highest BCUT2D eigenvalue weighted by molar-refractivity contribution is 8.00. The number of benzene rings is 1. The summed E-state index contributed by atoms with van der Waals surface area (Å²) in [7, 11) is 0. The van der Waals surface area contributed by atoms with Crippen molar-refractivity contribution in [3.63, 3.8) is 0 Å². The zero-order valence-corrected chi connectivity index (χ0v) is 12.0. The SMILES string of the molecule is c1nsc(NSc2ccc(N3CCNCC3)cc2)n1. The van der Waals surface area contributed by atoms with Gasteiger partial charge in [-0.2, -0.15) is 4.37 Å². The van der Waals surface area contributed by atoms with E-state index in [0.717, 1.165) is 31.3 Å². The minimum atomic E-state index is 0.830. The fourth-order valence-electron chi connectivity index (χ4n) is 1.97. The topological polar surface area (TPSA) is 53.1 Å². The number of aromatic nitrogens is 2. The van der Waals surface area contributed by atoms with Gasteiger partial charge in [-0.3, -0.25) is 0 Å². The van der Waals surface area contributed by atoms with Crippen LogP contribution in [0, 0.1) is 0 Å². The largest absolute Gasteiger partial charge is 0.369 e. The quantitative estimate of drug-likeness (QED) is 0.842. The summed E-state index contributed by atoms with van der Waals surface area (Å²) in [6.45, 7) is 4.29. The molecule has 0 saturated carbocycles. The molecular weight excluding hydrogens is 278 g/mol. The molecule has 100 valence electrons. The third kappa shape index (κ3) is 3.37. The molecule has 1 aliphatic rings. The third-order valence-corrected chi connectivity index (χ3v) is 4.45. The molecule has 0 unspecified atom stereocenters. The van der Waals surface area contributed by atoms with E-state index in [4.69, 9.17) is 0 Å². The van der Waals surface area contributed by atoms with Crippen molar-refractivity contribution in [2.45, 2.75) is 4.90 Å². The van der Waals surface area contributed by atoms with Crippen molar-refractivity contribution in [1.82, 2.24) is 14.7 Å². The van der Waals surface area contributed by atoms with E-state index in [1.54, 1.807) is 18.3 Å². The van der Waals surface area contributed by atoms with Crippen molar-refractivity contribution in [3.05, 3.63) is 30.6 Å². The molecule has 1 aliphatic heterocycles. The first-order chi connectivity index (χ1) is 9.42. The third-order valence-electron chi connectivity index (χ3n) is 2.94. The van der Waals surface area contributed by atoms with E-state index in [1.807, 2.05) is 0 Å². The van der Waals surface area contributed by atoms with Gasteiger partial charge < -0.3 is 14.9 Å². The van der Waals surface area contributed by atoms with E-state index in [0.29, 0.717) is 0 Å². The number of hydrogen-bond donors (Lipinski definition) is 2. The highest BCUT2D eigenvalue weighted by Gasteiger charge is 2.09. The molecule has 0 bridgehead atoms. The second-order valence-electron chi connectivity index (χ2n) is 4.18. The summed E-state index contributed by atoms with van der Waals surface area (Å²) in [5.41, 5.74) is 1.29. The Hall–Kier alpha value is -1.31. The van der Waals surface area contributed by atoms with Crippen LogP contribution in [0.4, 0.5) is 10.8 Å². The number of hydrogen-bond acceptors (Lipinski definition) is 7. The van der Waals surface area contributed by atoms with Crippen molar-refractivity contribution in [3.8, 4) is 0 Å². The minimum Gasteiger partial charge on any atom is -0.369 e. The summed E-state index contributed by atoms with van der Waals surface area (Å²) in [6.07, 6.45) is 1.56. The van der Waals surface area contributed by atoms with Crippen LogP contribution in [0.1, 0.15) is 0 Å². The molecule has 0 aliphatic carbocycles. The molecule has 1 aromatic heterocycles. The van der Waals surface area contributed by atoms with Crippen molar-refractivity contribution >= 4 is 34.3 Å². The molecule has 19 heavy (non-hydrogen) atoms. The van der Waals surface area contributed by atoms with Gasteiger partial charge in [-0.25, -0.2) is 4.98 Å². The predicted molar refractivity (Wildman–Crippen MR) is 80.9 cm³/mol. The van der Waals surface area contributed by atoms with E-state index >= 15 is 0 Å². The Morgan fingerprint density at radius 1 is 1.21 bits per heavy atom. The van der Waals surface area contributed by atoms with Crippen LogP contribution in [-0.2, 0) is 0 Å². The number of piperazine rings is 1. The summed E-state index contributed by atoms with van der Waals surface area (Å²) in [6, 6.07) is 8.62. The van der Waals surface area contributed by atoms with Crippen LogP contribution in [0.15, 0.2) is 35.5 Å². The molecule has 7 heteroatoms. The van der Waals surface area contributed by atoms with E-state index in [9.17, 15) is 0 Å². The second-order valence-corrected chi connectivity index (χ2v) is 5.84. The zero-order chi connectivity index (χ0) is 12.9. The highest BCUT2D eigenvalue weighted by Crippen LogP contribution is 2.24. The Morgan fingerprint density at radius 3 is 2.68 bits per heavy atom. The Kier molecular flexibility index (Phi) is 4.16. The van der Waals surface area contributed by atoms with Crippen LogP contribution >= 0.6 is 23.5 Å². The first-order valence-corrected chi connectivity index (χ1v) is 7.76. The van der Waals surface area contributed by atoms with Crippen LogP contribution < -0.4 is 14.9 Å². The molecule has 1 saturated heterocycles. The molecule has 0 radical (unpaired) electrons. The van der Waals surface area contributed by atoms with E-state index in [-0.39, 0.29) is 0 Å². The van der Waals surface area contributed by atoms with Gasteiger partial charge >= 0.3 is 0 Å². The lowest BCUT2D eigenvalue weighted by molar-refractivity contribution is 0.589. The molecule has 1 fully saturated rings. The van der Waals surface area contributed by atoms with Gasteiger partial charge in [-0.1, -0.05) is 0 Å². The Labute approximate surface area is 120 Å². The monoisotopic (exact) mass is 293 g/mol. The minimum absolute atomic E-state index is 0.830. The maximum Gasteiger partial charge on any atom is 0.212 e. The fraction of sp³-hybridized carbons (Fsp3) is 0.333. The lowest BCUT2D eigenvalue weighted by Gasteiger charge is -2.29. The van der Waals surface area contributed by atoms with Crippen LogP contribution in [0.5, 0.6) is 0 Å². The standard InChI is InChI=1S/C12H15N5S2/c1-3-11(18-16-12-14-9-15-19-12)4-2-10(1)17-7-5-13-6-8-17/h1-4,9,13H,5-8H2,(H,14,15,16). The number of rotatable bonds is 4. The normalized spacial score (nSPS) is 15.5. The maximum absolute atomic E-state index is 4.08. The number of nitrogens with zero attached hydrogens (tertiary/aromatic N) is 3. The van der Waals surface area contributed by atoms with Gasteiger partial charge in [0.15, 0.2) is 0 Å². The Morgan fingerprint density at radius 2 is 2.00 bits per heavy atom. The van der Waals surface area contributed by atoms with E-state index in [2.05, 4.69) is 48.6 Å². The van der Waals surface area contributed by atoms with Gasteiger partial charge in [0.1, 0.15) is 6.33 Å². The Bertz CT molecular complexity index is 493. The summed E-state index contributed by atoms with van der Waals surface area (Å²) in [5, 5.41) is 4.19. The van der Waals surface area contributed by atoms with E-state index < -0.39 is 0 Å². The van der Waals surface area contributed by atoms with Crippen LogP contribution in [0.3, 0.4) is 0 Å². The molecule has 3 rings (SSSR count). The molecule has 1 aromatic carbocycles. The molecule has 0 atom stereocenters. The second kappa shape index (κ2) is 6.23. The summed E-state index contributed by atoms with van der Waals surface area (Å²) < 4.78 is 7.13. The molecule has 5 nitrogen and oxygen atoms in total. The lowest BCUT2D eigenvalue weighted by Crippen LogP contribution is -2.43. The summed E-state index contributed by atoms with van der Waals surface area (Å²) in [4.78, 5) is 7.66. The smallest absolute Gasteiger partial charge is 0.212 e. The zero-order valence-electron chi connectivity index (χ0n) is 10.4. The summed E-state index contributed by atoms with van der Waals surface area (Å²) >= 11 is 2.92. The van der Waals surface area contributed by atoms with Crippen molar-refractivity contribution in [2.75, 3.05) is 35.8 Å². The van der Waals surface area contributed by atoms with Crippen molar-refractivity contribution in [2.24, 2.45) is 0 Å². The molecule has 2 aromatic rings. The van der Waals surface area contributed by atoms with Gasteiger partial charge in [0.25, 0.3) is 0 Å². The van der Waals surface area contributed by atoms with Crippen molar-refractivity contribution < 1.29 is 0 Å². The average Bonchev–Trinajstić information content (AvgIpc) is 3.00. The lowest BCUT2D eigenvalue weighted by atomic mass is 10.2. The van der Waals surface area contributed by atoms with Crippen molar-refractivity contribution in [1.29, 1.82) is 0 Å². The molecular formula is C12H15N5S2. The van der Waals surface area contributed by atoms with Crippen LogP contribution in [0.25, 0.3) is 0 Å². The molecule has 0 spiro atoms. The van der Waals surface area contributed by atoms with Crippen LogP contribution in [-0.4, -0.2) is 35.5 Å². The fourth-order valence-corrected chi connectivity index (χ4v) is 3.06. The molecule has 2 N–H and O–H groups in total. The summed E-state index contributed by atoms with van der Waals surface area (Å²) in [5.74, 6) is 0. The van der Waals surface area contributed by atoms with Gasteiger partial charge in [0.05, 0.1) is 0 Å². The van der Waals surface area contributed by atoms with Gasteiger partial charge in [0.2, 0.25) is 5.13 Å². The average molecular weight is 293 g/mol. The van der Waals surface area contributed by atoms with Gasteiger partial charge in [-0.15, -0.1) is 0 Å². The first kappa shape index (κ1) is 12.7. The number of nitrogens with one attached hydrogen (secondary N) is 2. The number of anilines is 2. The molecule has 0 amide bonds. The van der Waals surface area contributed by atoms with Gasteiger partial charge in [-0.05, 0) is 36.2 Å². The first-order valence-electron chi connectivity index (χ1n) is 6.17. The predicted octanol–water partition coefficient (Wildman–Crippen LogP) is 2.07. The molecule has 2 heterocycles.